The summed E-state index contributed by atoms with van der Waals surface area (Å²) in [6, 6.07) is 5.36. The zero-order chi connectivity index (χ0) is 15.6. The number of hydrogen-bond acceptors (Lipinski definition) is 4. The van der Waals surface area contributed by atoms with Crippen molar-refractivity contribution in [2.24, 2.45) is 5.73 Å². The van der Waals surface area contributed by atoms with E-state index in [4.69, 9.17) is 5.73 Å². The molecule has 3 N–H and O–H groups in total. The van der Waals surface area contributed by atoms with Crippen LogP contribution in [0.4, 0.5) is 11.4 Å². The van der Waals surface area contributed by atoms with Gasteiger partial charge in [0.05, 0.1) is 11.4 Å². The summed E-state index contributed by atoms with van der Waals surface area (Å²) in [6.45, 7) is 2.97. The second-order valence-electron chi connectivity index (χ2n) is 5.45. The molecule has 1 aromatic carbocycles. The molecule has 1 aliphatic heterocycles. The quantitative estimate of drug-likeness (QED) is 0.866. The number of benzene rings is 1. The summed E-state index contributed by atoms with van der Waals surface area (Å²) in [4.78, 5) is 27.8. The van der Waals surface area contributed by atoms with Crippen molar-refractivity contribution in [1.29, 1.82) is 0 Å². The molecule has 1 aromatic rings. The van der Waals surface area contributed by atoms with E-state index in [1.807, 2.05) is 24.9 Å². The second-order valence-corrected chi connectivity index (χ2v) is 5.45. The number of carbonyl (C=O) groups is 2. The van der Waals surface area contributed by atoms with Gasteiger partial charge in [-0.3, -0.25) is 9.59 Å². The summed E-state index contributed by atoms with van der Waals surface area (Å²) in [5, 5.41) is 2.85. The molecule has 1 heterocycles. The lowest BCUT2D eigenvalue weighted by molar-refractivity contribution is -0.115. The zero-order valence-electron chi connectivity index (χ0n) is 12.7. The van der Waals surface area contributed by atoms with Crippen LogP contribution in [-0.4, -0.2) is 49.9 Å². The first-order valence-electron chi connectivity index (χ1n) is 7.06. The van der Waals surface area contributed by atoms with E-state index in [9.17, 15) is 9.59 Å². The third-order valence-corrected chi connectivity index (χ3v) is 3.93. The van der Waals surface area contributed by atoms with Gasteiger partial charge in [0, 0.05) is 45.2 Å². The number of nitrogens with zero attached hydrogens (tertiary/aromatic N) is 2. The van der Waals surface area contributed by atoms with Gasteiger partial charge < -0.3 is 20.9 Å². The second kappa shape index (κ2) is 6.13. The van der Waals surface area contributed by atoms with Crippen LogP contribution in [0.15, 0.2) is 18.2 Å². The molecule has 114 valence electrons. The lowest BCUT2D eigenvalue weighted by Gasteiger charge is -2.24. The molecule has 1 unspecified atom stereocenters. The lowest BCUT2D eigenvalue weighted by Crippen LogP contribution is -2.39. The Kier molecular flexibility index (Phi) is 4.47. The highest BCUT2D eigenvalue weighted by Crippen LogP contribution is 2.29. The minimum absolute atomic E-state index is 0.0334. The fourth-order valence-electron chi connectivity index (χ4n) is 2.27. The Balaban J connectivity index is 2.32. The molecule has 0 saturated heterocycles. The maximum atomic E-state index is 12.4. The molecule has 21 heavy (non-hydrogen) atoms. The molecule has 6 heteroatoms. The van der Waals surface area contributed by atoms with Gasteiger partial charge >= 0.3 is 0 Å². The van der Waals surface area contributed by atoms with Crippen LogP contribution in [0.25, 0.3) is 0 Å². The third kappa shape index (κ3) is 3.16. The van der Waals surface area contributed by atoms with Gasteiger partial charge in [0.25, 0.3) is 5.91 Å². The predicted molar refractivity (Wildman–Crippen MR) is 83.6 cm³/mol. The smallest absolute Gasteiger partial charge is 0.253 e. The van der Waals surface area contributed by atoms with Gasteiger partial charge in [-0.25, -0.2) is 0 Å². The number of anilines is 2. The van der Waals surface area contributed by atoms with Crippen molar-refractivity contribution in [3.05, 3.63) is 23.8 Å². The number of likely N-dealkylation sites (N-methyl/N-ethyl adjacent to an activating group) is 1. The first kappa shape index (κ1) is 15.3. The Morgan fingerprint density at radius 3 is 2.90 bits per heavy atom. The molecular formula is C15H22N4O2. The Labute approximate surface area is 124 Å². The molecule has 0 radical (unpaired) electrons. The predicted octanol–water partition coefficient (Wildman–Crippen LogP) is 0.884. The van der Waals surface area contributed by atoms with E-state index in [-0.39, 0.29) is 17.9 Å². The fourth-order valence-corrected chi connectivity index (χ4v) is 2.27. The minimum atomic E-state index is -0.100. The van der Waals surface area contributed by atoms with Crippen molar-refractivity contribution in [3.63, 3.8) is 0 Å². The topological polar surface area (TPSA) is 78.7 Å². The first-order valence-corrected chi connectivity index (χ1v) is 7.06. The van der Waals surface area contributed by atoms with Crippen molar-refractivity contribution in [1.82, 2.24) is 4.90 Å². The Morgan fingerprint density at radius 2 is 2.24 bits per heavy atom. The maximum absolute atomic E-state index is 12.4. The van der Waals surface area contributed by atoms with Gasteiger partial charge in [0.1, 0.15) is 0 Å². The van der Waals surface area contributed by atoms with Crippen LogP contribution in [0.1, 0.15) is 23.7 Å². The van der Waals surface area contributed by atoms with Gasteiger partial charge in [-0.2, -0.15) is 0 Å². The molecule has 6 nitrogen and oxygen atoms in total. The SMILES string of the molecule is CC(CN)N(C)C(=O)c1ccc2c(c1)NC(=O)CCN2C. The summed E-state index contributed by atoms with van der Waals surface area (Å²) >= 11 is 0. The summed E-state index contributed by atoms with van der Waals surface area (Å²) in [5.41, 5.74) is 7.75. The Morgan fingerprint density at radius 1 is 1.52 bits per heavy atom. The molecule has 0 spiro atoms. The Hall–Kier alpha value is -2.08. The van der Waals surface area contributed by atoms with Crippen molar-refractivity contribution >= 4 is 23.2 Å². The van der Waals surface area contributed by atoms with Crippen molar-refractivity contribution in [2.75, 3.05) is 37.4 Å². The normalized spacial score (nSPS) is 15.8. The fraction of sp³-hybridized carbons (Fsp3) is 0.467. The van der Waals surface area contributed by atoms with Gasteiger partial charge in [0.15, 0.2) is 0 Å². The molecule has 1 aliphatic rings. The molecular weight excluding hydrogens is 268 g/mol. The van der Waals surface area contributed by atoms with Crippen LogP contribution in [-0.2, 0) is 4.79 Å². The molecule has 0 fully saturated rings. The van der Waals surface area contributed by atoms with Gasteiger partial charge in [-0.15, -0.1) is 0 Å². The highest BCUT2D eigenvalue weighted by Gasteiger charge is 2.21. The molecule has 2 amide bonds. The lowest BCUT2D eigenvalue weighted by atomic mass is 10.1. The number of carbonyl (C=O) groups excluding carboxylic acids is 2. The van der Waals surface area contributed by atoms with Crippen molar-refractivity contribution < 1.29 is 9.59 Å². The summed E-state index contributed by atoms with van der Waals surface area (Å²) in [6.07, 6.45) is 0.443. The standard InChI is InChI=1S/C15H22N4O2/c1-10(9-16)19(3)15(21)11-4-5-13-12(8-11)17-14(20)6-7-18(13)2/h4-5,8,10H,6-7,9,16H2,1-3H3,(H,17,20). The van der Waals surface area contributed by atoms with E-state index in [0.717, 1.165) is 5.69 Å². The number of nitrogens with one attached hydrogen (secondary N) is 1. The van der Waals surface area contributed by atoms with E-state index in [1.165, 1.54) is 0 Å². The van der Waals surface area contributed by atoms with Crippen LogP contribution in [0.2, 0.25) is 0 Å². The average molecular weight is 290 g/mol. The van der Waals surface area contributed by atoms with Crippen molar-refractivity contribution in [3.8, 4) is 0 Å². The van der Waals surface area contributed by atoms with Crippen LogP contribution in [0, 0.1) is 0 Å². The van der Waals surface area contributed by atoms with E-state index >= 15 is 0 Å². The van der Waals surface area contributed by atoms with Gasteiger partial charge in [-0.1, -0.05) is 0 Å². The van der Waals surface area contributed by atoms with Crippen molar-refractivity contribution in [2.45, 2.75) is 19.4 Å². The largest absolute Gasteiger partial charge is 0.372 e. The van der Waals surface area contributed by atoms with E-state index in [2.05, 4.69) is 5.32 Å². The monoisotopic (exact) mass is 290 g/mol. The van der Waals surface area contributed by atoms with Gasteiger partial charge in [-0.05, 0) is 25.1 Å². The zero-order valence-corrected chi connectivity index (χ0v) is 12.7. The molecule has 0 saturated carbocycles. The maximum Gasteiger partial charge on any atom is 0.253 e. The molecule has 0 bridgehead atoms. The summed E-state index contributed by atoms with van der Waals surface area (Å²) in [7, 11) is 3.67. The van der Waals surface area contributed by atoms with Gasteiger partial charge in [0.2, 0.25) is 5.91 Å². The van der Waals surface area contributed by atoms with Crippen LogP contribution < -0.4 is 16.0 Å². The summed E-state index contributed by atoms with van der Waals surface area (Å²) in [5.74, 6) is -0.134. The first-order chi connectivity index (χ1) is 9.93. The summed E-state index contributed by atoms with van der Waals surface area (Å²) < 4.78 is 0. The molecule has 0 aliphatic carbocycles. The van der Waals surface area contributed by atoms with E-state index in [1.54, 1.807) is 24.1 Å². The molecule has 0 aromatic heterocycles. The molecule has 2 rings (SSSR count). The highest BCUT2D eigenvalue weighted by molar-refractivity contribution is 6.00. The number of rotatable bonds is 3. The average Bonchev–Trinajstić information content (AvgIpc) is 2.63. The van der Waals surface area contributed by atoms with Crippen LogP contribution >= 0.6 is 0 Å². The number of hydrogen-bond donors (Lipinski definition) is 2. The van der Waals surface area contributed by atoms with Crippen LogP contribution in [0.3, 0.4) is 0 Å². The Bertz CT molecular complexity index is 559. The number of fused-ring (bicyclic) bond motifs is 1. The van der Waals surface area contributed by atoms with Crippen LogP contribution in [0.5, 0.6) is 0 Å². The number of amides is 2. The third-order valence-electron chi connectivity index (χ3n) is 3.93. The van der Waals surface area contributed by atoms with E-state index in [0.29, 0.717) is 30.8 Å². The van der Waals surface area contributed by atoms with E-state index < -0.39 is 0 Å². The number of nitrogens with two attached hydrogens (primary N) is 1. The minimum Gasteiger partial charge on any atom is -0.372 e. The molecule has 1 atom stereocenters. The highest BCUT2D eigenvalue weighted by atomic mass is 16.2.